The van der Waals surface area contributed by atoms with Crippen molar-refractivity contribution in [2.45, 2.75) is 66.0 Å². The van der Waals surface area contributed by atoms with Gasteiger partial charge in [-0.15, -0.1) is 0 Å². The molecule has 0 aliphatic carbocycles. The van der Waals surface area contributed by atoms with E-state index in [0.717, 1.165) is 18.7 Å². The predicted molar refractivity (Wildman–Crippen MR) is 83.1 cm³/mol. The molecule has 19 heavy (non-hydrogen) atoms. The summed E-state index contributed by atoms with van der Waals surface area (Å²) in [4.78, 5) is 0. The van der Waals surface area contributed by atoms with Crippen molar-refractivity contribution in [2.75, 3.05) is 6.54 Å². The molecule has 2 nitrogen and oxygen atoms in total. The third-order valence-corrected chi connectivity index (χ3v) is 3.57. The fraction of sp³-hybridized carbons (Fsp3) is 0.647. The van der Waals surface area contributed by atoms with Crippen LogP contribution in [-0.2, 0) is 0 Å². The fourth-order valence-electron chi connectivity index (χ4n) is 2.15. The van der Waals surface area contributed by atoms with E-state index in [9.17, 15) is 0 Å². The Hall–Kier alpha value is -1.02. The van der Waals surface area contributed by atoms with E-state index in [1.165, 1.54) is 11.1 Å². The average molecular weight is 263 g/mol. The summed E-state index contributed by atoms with van der Waals surface area (Å²) >= 11 is 0. The molecule has 0 aliphatic heterocycles. The first kappa shape index (κ1) is 16.0. The van der Waals surface area contributed by atoms with Crippen molar-refractivity contribution in [3.8, 4) is 5.75 Å². The van der Waals surface area contributed by atoms with Gasteiger partial charge in [0.1, 0.15) is 11.9 Å². The van der Waals surface area contributed by atoms with E-state index in [4.69, 9.17) is 4.74 Å². The molecule has 0 aliphatic rings. The van der Waals surface area contributed by atoms with Gasteiger partial charge in [-0.25, -0.2) is 0 Å². The number of benzene rings is 1. The van der Waals surface area contributed by atoms with Crippen LogP contribution in [0.4, 0.5) is 0 Å². The number of aryl methyl sites for hydroxylation is 1. The highest BCUT2D eigenvalue weighted by molar-refractivity contribution is 5.36. The zero-order chi connectivity index (χ0) is 14.4. The van der Waals surface area contributed by atoms with Gasteiger partial charge < -0.3 is 10.1 Å². The van der Waals surface area contributed by atoms with Crippen molar-refractivity contribution in [3.05, 3.63) is 29.3 Å². The molecular weight excluding hydrogens is 234 g/mol. The van der Waals surface area contributed by atoms with Crippen molar-refractivity contribution in [1.29, 1.82) is 0 Å². The lowest BCUT2D eigenvalue weighted by Gasteiger charge is -2.19. The molecule has 2 atom stereocenters. The maximum Gasteiger partial charge on any atom is 0.120 e. The smallest absolute Gasteiger partial charge is 0.120 e. The van der Waals surface area contributed by atoms with Gasteiger partial charge in [-0.05, 0) is 56.4 Å². The Morgan fingerprint density at radius 2 is 1.84 bits per heavy atom. The van der Waals surface area contributed by atoms with Crippen LogP contribution in [0.3, 0.4) is 0 Å². The molecule has 1 N–H and O–H groups in total. The Bertz CT molecular complexity index is 387. The summed E-state index contributed by atoms with van der Waals surface area (Å²) < 4.78 is 5.96. The summed E-state index contributed by atoms with van der Waals surface area (Å²) in [6.45, 7) is 14.0. The maximum absolute atomic E-state index is 5.96. The molecular formula is C17H29NO. The minimum absolute atomic E-state index is 0.193. The second kappa shape index (κ2) is 7.54. The van der Waals surface area contributed by atoms with Crippen molar-refractivity contribution in [1.82, 2.24) is 5.32 Å². The lowest BCUT2D eigenvalue weighted by atomic mass is 9.98. The van der Waals surface area contributed by atoms with Gasteiger partial charge in [-0.3, -0.25) is 0 Å². The zero-order valence-electron chi connectivity index (χ0n) is 13.3. The van der Waals surface area contributed by atoms with Crippen LogP contribution in [0.5, 0.6) is 5.75 Å². The van der Waals surface area contributed by atoms with Crippen LogP contribution in [-0.4, -0.2) is 18.7 Å². The van der Waals surface area contributed by atoms with E-state index >= 15 is 0 Å². The van der Waals surface area contributed by atoms with Crippen LogP contribution in [0.15, 0.2) is 18.2 Å². The highest BCUT2D eigenvalue weighted by atomic mass is 16.5. The van der Waals surface area contributed by atoms with Gasteiger partial charge in [0.05, 0.1) is 0 Å². The molecule has 0 aromatic heterocycles. The summed E-state index contributed by atoms with van der Waals surface area (Å²) in [5.74, 6) is 1.54. The lowest BCUT2D eigenvalue weighted by molar-refractivity contribution is 0.212. The van der Waals surface area contributed by atoms with Gasteiger partial charge in [-0.1, -0.05) is 26.8 Å². The lowest BCUT2D eigenvalue weighted by Crippen LogP contribution is -2.34. The number of hydrogen-bond donors (Lipinski definition) is 1. The van der Waals surface area contributed by atoms with Gasteiger partial charge in [-0.2, -0.15) is 0 Å². The van der Waals surface area contributed by atoms with Crippen LogP contribution >= 0.6 is 0 Å². The van der Waals surface area contributed by atoms with Crippen LogP contribution < -0.4 is 10.1 Å². The molecule has 1 aromatic carbocycles. The normalized spacial score (nSPS) is 14.5. The van der Waals surface area contributed by atoms with Gasteiger partial charge in [0.25, 0.3) is 0 Å². The quantitative estimate of drug-likeness (QED) is 0.793. The van der Waals surface area contributed by atoms with E-state index in [-0.39, 0.29) is 6.10 Å². The Labute approximate surface area is 118 Å². The molecule has 1 rings (SSSR count). The number of ether oxygens (including phenoxy) is 1. The standard InChI is InChI=1S/C17H29NO/c1-7-14(5)18-11-15(6)19-16-8-9-17(12(2)3)13(4)10-16/h8-10,12,14-15,18H,7,11H2,1-6H3. The van der Waals surface area contributed by atoms with Gasteiger partial charge in [0.2, 0.25) is 0 Å². The van der Waals surface area contributed by atoms with E-state index < -0.39 is 0 Å². The van der Waals surface area contributed by atoms with Gasteiger partial charge in [0, 0.05) is 12.6 Å². The van der Waals surface area contributed by atoms with Crippen molar-refractivity contribution < 1.29 is 4.74 Å². The molecule has 0 saturated heterocycles. The summed E-state index contributed by atoms with van der Waals surface area (Å²) in [7, 11) is 0. The number of hydrogen-bond acceptors (Lipinski definition) is 2. The monoisotopic (exact) mass is 263 g/mol. The van der Waals surface area contributed by atoms with Gasteiger partial charge in [0.15, 0.2) is 0 Å². The summed E-state index contributed by atoms with van der Waals surface area (Å²) in [6.07, 6.45) is 1.34. The minimum atomic E-state index is 0.193. The molecule has 0 radical (unpaired) electrons. The third kappa shape index (κ3) is 5.23. The van der Waals surface area contributed by atoms with Crippen molar-refractivity contribution in [3.63, 3.8) is 0 Å². The second-order valence-electron chi connectivity index (χ2n) is 5.82. The topological polar surface area (TPSA) is 21.3 Å². The molecule has 2 unspecified atom stereocenters. The highest BCUT2D eigenvalue weighted by Crippen LogP contribution is 2.24. The first-order valence-electron chi connectivity index (χ1n) is 7.44. The highest BCUT2D eigenvalue weighted by Gasteiger charge is 2.08. The molecule has 0 heterocycles. The molecule has 0 bridgehead atoms. The van der Waals surface area contributed by atoms with Crippen LogP contribution in [0.2, 0.25) is 0 Å². The SMILES string of the molecule is CCC(C)NCC(C)Oc1ccc(C(C)C)c(C)c1. The summed E-state index contributed by atoms with van der Waals surface area (Å²) in [5, 5.41) is 3.47. The fourth-order valence-corrected chi connectivity index (χ4v) is 2.15. The van der Waals surface area contributed by atoms with E-state index in [1.807, 2.05) is 0 Å². The predicted octanol–water partition coefficient (Wildman–Crippen LogP) is 4.27. The molecule has 0 fully saturated rings. The first-order valence-corrected chi connectivity index (χ1v) is 7.44. The Balaban J connectivity index is 2.55. The molecule has 108 valence electrons. The largest absolute Gasteiger partial charge is 0.489 e. The zero-order valence-corrected chi connectivity index (χ0v) is 13.3. The first-order chi connectivity index (χ1) is 8.93. The third-order valence-electron chi connectivity index (χ3n) is 3.57. The Morgan fingerprint density at radius 3 is 2.37 bits per heavy atom. The average Bonchev–Trinajstić information content (AvgIpc) is 2.35. The van der Waals surface area contributed by atoms with Gasteiger partial charge >= 0.3 is 0 Å². The Kier molecular flexibility index (Phi) is 6.36. The van der Waals surface area contributed by atoms with Crippen LogP contribution in [0, 0.1) is 6.92 Å². The van der Waals surface area contributed by atoms with E-state index in [2.05, 4.69) is 65.1 Å². The van der Waals surface area contributed by atoms with Crippen molar-refractivity contribution in [2.24, 2.45) is 0 Å². The number of rotatable bonds is 7. The summed E-state index contributed by atoms with van der Waals surface area (Å²) in [6, 6.07) is 6.97. The molecule has 0 amide bonds. The number of nitrogens with one attached hydrogen (secondary N) is 1. The molecule has 2 heteroatoms. The minimum Gasteiger partial charge on any atom is -0.489 e. The van der Waals surface area contributed by atoms with E-state index in [1.54, 1.807) is 0 Å². The molecule has 0 spiro atoms. The Morgan fingerprint density at radius 1 is 1.16 bits per heavy atom. The van der Waals surface area contributed by atoms with Crippen LogP contribution in [0.1, 0.15) is 58.1 Å². The summed E-state index contributed by atoms with van der Waals surface area (Å²) in [5.41, 5.74) is 2.72. The van der Waals surface area contributed by atoms with Crippen LogP contribution in [0.25, 0.3) is 0 Å². The van der Waals surface area contributed by atoms with E-state index in [0.29, 0.717) is 12.0 Å². The maximum atomic E-state index is 5.96. The van der Waals surface area contributed by atoms with Crippen molar-refractivity contribution >= 4 is 0 Å². The second-order valence-corrected chi connectivity index (χ2v) is 5.82. The molecule has 0 saturated carbocycles. The molecule has 1 aromatic rings.